The number of benzene rings is 2. The van der Waals surface area contributed by atoms with Gasteiger partial charge in [0.25, 0.3) is 23.3 Å². The number of aromatic amines is 1. The lowest BCUT2D eigenvalue weighted by molar-refractivity contribution is -0.137. The van der Waals surface area contributed by atoms with Gasteiger partial charge in [0, 0.05) is 81.2 Å². The Morgan fingerprint density at radius 3 is 2.00 bits per heavy atom. The smallest absolute Gasteiger partial charge is 0.410 e. The largest absolute Gasteiger partial charge is 0.474 e. The first-order chi connectivity index (χ1) is 53.8. The number of imide groups is 1. The Bertz CT molecular complexity index is 3940. The van der Waals surface area contributed by atoms with Gasteiger partial charge in [0.1, 0.15) is 49.4 Å². The number of hydrogen-bond donors (Lipinski definition) is 6. The van der Waals surface area contributed by atoms with Gasteiger partial charge in [-0.15, -0.1) is 0 Å². The second-order valence-corrected chi connectivity index (χ2v) is 28.3. The minimum Gasteiger partial charge on any atom is -0.474 e. The van der Waals surface area contributed by atoms with Gasteiger partial charge < -0.3 is 91.6 Å². The van der Waals surface area contributed by atoms with Crippen LogP contribution in [0.3, 0.4) is 0 Å². The molecule has 2 unspecified atom stereocenters. The molecule has 7 amide bonds. The van der Waals surface area contributed by atoms with Crippen LogP contribution in [0.5, 0.6) is 5.88 Å². The van der Waals surface area contributed by atoms with Crippen LogP contribution in [0.2, 0.25) is 0 Å². The molecule has 3 fully saturated rings. The van der Waals surface area contributed by atoms with Crippen LogP contribution in [0, 0.1) is 11.8 Å². The van der Waals surface area contributed by atoms with E-state index in [4.69, 9.17) is 70.2 Å². The number of nitrogens with one attached hydrogen (secondary N) is 5. The van der Waals surface area contributed by atoms with Crippen LogP contribution in [-0.4, -0.2) is 261 Å². The van der Waals surface area contributed by atoms with Crippen LogP contribution in [-0.2, 0) is 112 Å². The number of aliphatic hydroxyl groups excluding tert-OH is 1. The molecule has 3 aromatic heterocycles. The van der Waals surface area contributed by atoms with Gasteiger partial charge in [-0.2, -0.15) is 4.98 Å². The highest BCUT2D eigenvalue weighted by atomic mass is 31.1. The van der Waals surface area contributed by atoms with Crippen molar-refractivity contribution in [3.8, 4) is 5.88 Å². The summed E-state index contributed by atoms with van der Waals surface area (Å²) >= 11 is 0. The second kappa shape index (κ2) is 45.9. The number of hydrogen-bond acceptors (Lipinski definition) is 30. The Morgan fingerprint density at radius 2 is 1.35 bits per heavy atom. The van der Waals surface area contributed by atoms with E-state index in [1.165, 1.54) is 53.5 Å². The number of anilines is 2. The number of methoxy groups -OCH3 is 1. The molecule has 0 radical (unpaired) electrons. The highest BCUT2D eigenvalue weighted by Gasteiger charge is 2.49. The molecule has 6 heterocycles. The number of aromatic nitrogens is 6. The van der Waals surface area contributed by atoms with Gasteiger partial charge in [-0.25, -0.2) is 19.7 Å². The molecule has 1 saturated carbocycles. The topological polar surface area (TPSA) is 456 Å². The lowest BCUT2D eigenvalue weighted by Gasteiger charge is -2.24. The molecule has 11 atom stereocenters. The fraction of sp³-hybridized carbons (Fsp3) is 0.577. The molecule has 0 spiro atoms. The van der Waals surface area contributed by atoms with Crippen molar-refractivity contribution in [3.05, 3.63) is 113 Å². The predicted molar refractivity (Wildman–Crippen MR) is 393 cm³/mol. The summed E-state index contributed by atoms with van der Waals surface area (Å²) in [4.78, 5) is 128. The van der Waals surface area contributed by atoms with Crippen LogP contribution in [0.25, 0.3) is 11.2 Å². The zero-order valence-electron chi connectivity index (χ0n) is 62.2. The first kappa shape index (κ1) is 86.6. The molecule has 3 aliphatic heterocycles. The number of aliphatic hydroxyl groups is 1. The molecule has 2 aromatic carbocycles. The van der Waals surface area contributed by atoms with Gasteiger partial charge in [0.05, 0.1) is 125 Å². The summed E-state index contributed by atoms with van der Waals surface area (Å²) < 4.78 is 113. The SMILES string of the molecule is COCCOCCOCCOCCOCCOCCOCCOCCN(Cc1ccccc1C(=O)Nc1nc2c(ncn2[C@@H]2O[C@@H]3CO[PH](=O)O[C@H]4C[C@H](Oc5ccncn5)C[C@@H]4CO[PH](=O)O[C@@H]2[C@@H]3O)c(=O)[nH]1)C(=O)OCc1ccc(NC(=O)[C@H](C)NC(=O)[C@@H](NC(=O)CCCCCN2C(=O)C=CC2=O)C(C)C)cc1. The molecule has 9 rings (SSSR count). The minimum atomic E-state index is -3.43. The number of nitrogens with zero attached hydrogens (tertiary/aromatic N) is 7. The average Bonchev–Trinajstić information content (AvgIpc) is 1.62. The normalized spacial score (nSPS) is 21.1. The third-order valence-corrected chi connectivity index (χ3v) is 19.5. The minimum absolute atomic E-state index is 0.000952. The van der Waals surface area contributed by atoms with Gasteiger partial charge in [-0.05, 0) is 61.4 Å². The Morgan fingerprint density at radius 1 is 0.712 bits per heavy atom. The molecule has 608 valence electrons. The van der Waals surface area contributed by atoms with Crippen molar-refractivity contribution >= 4 is 80.8 Å². The van der Waals surface area contributed by atoms with Crippen molar-refractivity contribution in [2.75, 3.05) is 143 Å². The summed E-state index contributed by atoms with van der Waals surface area (Å²) in [6.45, 7) is 9.40. The van der Waals surface area contributed by atoms with Crippen LogP contribution < -0.4 is 31.6 Å². The quantitative estimate of drug-likeness (QED) is 0.0183. The van der Waals surface area contributed by atoms with E-state index < -0.39 is 107 Å². The standard InChI is InChI=1S/C71H98N12O26P2/c1-46(2)60(77-56(84)12-6-5-9-21-82-58(85)17-18-59(82)86)67(90)75-47(3)65(88)76-51-15-13-48(14-16-51)41-103-71(92)81(22-23-96-26-27-98-30-31-100-34-35-102-37-36-101-33-32-99-29-28-97-25-24-95-4)40-49-10-7-8-11-53(49)66(89)79-70-78-64-61(68(91)80-70)74-45-83(64)69-63-62(87)55(107-69)43-105-110(93)108-54-39-52(106-57-19-20-72-44-73-57)38-50(54)42-104-111(94)109-63/h7-8,10-11,13-20,44-47,50,52,54-55,60,62-63,69,87,110-111H,5-6,9,12,21-43H2,1-4H3,(H,75,90)(H,76,88)(H,77,84)(H2,78,79,80,89,91)/t47-,50+,52+,54-,55+,60-,62+,63+,69+/m0/s1. The number of ether oxygens (including phenoxy) is 11. The number of rotatable bonds is 45. The molecule has 5 aromatic rings. The summed E-state index contributed by atoms with van der Waals surface area (Å²) in [6, 6.07) is 12.4. The molecular weight excluding hydrogens is 1500 g/mol. The van der Waals surface area contributed by atoms with Crippen LogP contribution >= 0.6 is 16.5 Å². The maximum Gasteiger partial charge on any atom is 0.410 e. The fourth-order valence-electron chi connectivity index (χ4n) is 11.9. The van der Waals surface area contributed by atoms with E-state index in [9.17, 15) is 52.6 Å². The Labute approximate surface area is 641 Å². The molecule has 1 aliphatic carbocycles. The number of fused-ring (bicyclic) bond motifs is 4. The first-order valence-electron chi connectivity index (χ1n) is 36.6. The number of amides is 7. The fourth-order valence-corrected chi connectivity index (χ4v) is 13.7. The van der Waals surface area contributed by atoms with Crippen LogP contribution in [0.4, 0.5) is 16.4 Å². The number of carbonyl (C=O) groups excluding carboxylic acids is 7. The van der Waals surface area contributed by atoms with E-state index in [0.29, 0.717) is 121 Å². The predicted octanol–water partition coefficient (Wildman–Crippen LogP) is 3.85. The average molecular weight is 1600 g/mol. The maximum absolute atomic E-state index is 14.4. The van der Waals surface area contributed by atoms with Crippen molar-refractivity contribution < 1.29 is 118 Å². The first-order valence-corrected chi connectivity index (χ1v) is 39.0. The van der Waals surface area contributed by atoms with Gasteiger partial charge in [0.15, 0.2) is 17.4 Å². The summed E-state index contributed by atoms with van der Waals surface area (Å²) in [5, 5.41) is 22.4. The molecular formula is C71H98N12O26P2. The van der Waals surface area contributed by atoms with E-state index in [1.807, 2.05) is 0 Å². The summed E-state index contributed by atoms with van der Waals surface area (Å²) in [6.07, 6.45) is 1.14. The van der Waals surface area contributed by atoms with E-state index >= 15 is 0 Å². The number of carbonyl (C=O) groups is 7. The lowest BCUT2D eigenvalue weighted by Crippen LogP contribution is -2.53. The number of unbranched alkanes of at least 4 members (excludes halogenated alkanes) is 2. The Hall–Kier alpha value is -8.40. The third kappa shape index (κ3) is 27.7. The summed E-state index contributed by atoms with van der Waals surface area (Å²) in [5.74, 6) is -3.83. The summed E-state index contributed by atoms with van der Waals surface area (Å²) in [7, 11) is -5.05. The van der Waals surface area contributed by atoms with Crippen molar-refractivity contribution in [2.45, 2.75) is 121 Å². The van der Waals surface area contributed by atoms with Crippen molar-refractivity contribution in [3.63, 3.8) is 0 Å². The van der Waals surface area contributed by atoms with Crippen LogP contribution in [0.1, 0.15) is 87.0 Å². The summed E-state index contributed by atoms with van der Waals surface area (Å²) in [5.41, 5.74) is 0.0846. The van der Waals surface area contributed by atoms with Gasteiger partial charge in [0.2, 0.25) is 29.5 Å². The number of imidazole rings is 1. The molecule has 111 heavy (non-hydrogen) atoms. The van der Waals surface area contributed by atoms with E-state index in [0.717, 1.165) is 4.90 Å². The molecule has 38 nitrogen and oxygen atoms in total. The monoisotopic (exact) mass is 1600 g/mol. The molecule has 6 N–H and O–H groups in total. The van der Waals surface area contributed by atoms with E-state index in [1.54, 1.807) is 69.5 Å². The van der Waals surface area contributed by atoms with Crippen molar-refractivity contribution in [1.82, 2.24) is 49.9 Å². The Kier molecular flexibility index (Phi) is 35.8. The van der Waals surface area contributed by atoms with Crippen molar-refractivity contribution in [2.24, 2.45) is 11.8 Å². The molecule has 2 bridgehead atoms. The van der Waals surface area contributed by atoms with Gasteiger partial charge >= 0.3 is 22.6 Å². The second-order valence-electron chi connectivity index (χ2n) is 26.2. The zero-order valence-corrected chi connectivity index (χ0v) is 64.2. The highest BCUT2D eigenvalue weighted by molar-refractivity contribution is 7.33. The zero-order chi connectivity index (χ0) is 78.9. The number of H-pyrrole nitrogens is 1. The third-order valence-electron chi connectivity index (χ3n) is 17.8. The van der Waals surface area contributed by atoms with E-state index in [2.05, 4.69) is 46.2 Å². The lowest BCUT2D eigenvalue weighted by atomic mass is 10.0. The molecule has 4 aliphatic rings. The maximum atomic E-state index is 14.4. The van der Waals surface area contributed by atoms with Gasteiger partial charge in [-0.3, -0.25) is 67.0 Å². The highest BCUT2D eigenvalue weighted by Crippen LogP contribution is 2.45. The van der Waals surface area contributed by atoms with Gasteiger partial charge in [-0.1, -0.05) is 50.6 Å². The van der Waals surface area contributed by atoms with E-state index in [-0.39, 0.29) is 118 Å². The Balaban J connectivity index is 0.780. The van der Waals surface area contributed by atoms with Crippen molar-refractivity contribution in [1.29, 1.82) is 0 Å². The molecule has 2 saturated heterocycles. The van der Waals surface area contributed by atoms with Crippen LogP contribution in [0.15, 0.2) is 90.4 Å². The molecule has 40 heteroatoms.